The Kier molecular flexibility index (Phi) is 11.0. The fourth-order valence-electron chi connectivity index (χ4n) is 2.63. The third-order valence-corrected chi connectivity index (χ3v) is 8.55. The Morgan fingerprint density at radius 3 is 2.12 bits per heavy atom. The quantitative estimate of drug-likeness (QED) is 0.303. The van der Waals surface area contributed by atoms with Gasteiger partial charge >= 0.3 is 167 Å². The van der Waals surface area contributed by atoms with Crippen molar-refractivity contribution < 1.29 is 0 Å². The maximum atomic E-state index is 2.57. The molecule has 0 N–H and O–H groups in total. The second kappa shape index (κ2) is 13.4. The summed E-state index contributed by atoms with van der Waals surface area (Å²) < 4.78 is 4.74. The van der Waals surface area contributed by atoms with E-state index in [2.05, 4.69) is 73.7 Å². The number of allylic oxidation sites excluding steroid dienone is 2. The zero-order valence-electron chi connectivity index (χ0n) is 15.3. The van der Waals surface area contributed by atoms with Crippen molar-refractivity contribution >= 4 is 38.8 Å². The molecule has 0 aromatic heterocycles. The molecule has 0 aliphatic heterocycles. The molecule has 0 fully saturated rings. The Hall–Kier alpha value is -0.781. The van der Waals surface area contributed by atoms with Gasteiger partial charge in [0.05, 0.1) is 0 Å². The summed E-state index contributed by atoms with van der Waals surface area (Å²) in [6.07, 6.45) is 12.0. The van der Waals surface area contributed by atoms with Gasteiger partial charge < -0.3 is 0 Å². The van der Waals surface area contributed by atoms with E-state index in [0.717, 1.165) is 0 Å². The fraction of sp³-hybridized carbons (Fsp3) is 0.391. The molecule has 2 aromatic carbocycles. The molecule has 0 bridgehead atoms. The van der Waals surface area contributed by atoms with Gasteiger partial charge in [-0.1, -0.05) is 0 Å². The van der Waals surface area contributed by atoms with E-state index in [-0.39, 0.29) is 0 Å². The zero-order valence-corrected chi connectivity index (χ0v) is 18.8. The van der Waals surface area contributed by atoms with Crippen LogP contribution in [0.15, 0.2) is 71.2 Å². The summed E-state index contributed by atoms with van der Waals surface area (Å²) in [4.78, 5) is 0. The van der Waals surface area contributed by atoms with Crippen molar-refractivity contribution in [2.45, 2.75) is 57.2 Å². The van der Waals surface area contributed by atoms with E-state index < -0.39 is 0 Å². The number of unbranched alkanes of at least 4 members (excludes halogenated alkanes) is 5. The van der Waals surface area contributed by atoms with Crippen LogP contribution in [0.2, 0.25) is 5.32 Å². The van der Waals surface area contributed by atoms with Crippen molar-refractivity contribution in [2.24, 2.45) is 0 Å². The van der Waals surface area contributed by atoms with Crippen LogP contribution in [0.5, 0.6) is 0 Å². The van der Waals surface area contributed by atoms with Crippen LogP contribution in [0.3, 0.4) is 0 Å². The van der Waals surface area contributed by atoms with E-state index in [1.165, 1.54) is 59.2 Å². The molecular weight excluding hydrogens is 434 g/mol. The standard InChI is InChI=1S/C23H30Se2/c1-2-3-4-5-6-9-18-23(25-22-16-12-8-13-17-22)19-20-24-21-14-10-7-11-15-21/h7-8,10-18H,2-6,9,19-20H2,1H3/b23-18+. The SMILES string of the molecule is CCCCCCC/C=C(\CC[Se]c1ccccc1)[Se]c1ccccc1. The van der Waals surface area contributed by atoms with Crippen LogP contribution in [0.4, 0.5) is 0 Å². The summed E-state index contributed by atoms with van der Waals surface area (Å²) in [6, 6.07) is 22.0. The molecule has 0 saturated heterocycles. The van der Waals surface area contributed by atoms with Gasteiger partial charge in [0.1, 0.15) is 0 Å². The van der Waals surface area contributed by atoms with Crippen LogP contribution in [-0.2, 0) is 0 Å². The Morgan fingerprint density at radius 2 is 1.44 bits per heavy atom. The molecule has 0 aliphatic rings. The zero-order chi connectivity index (χ0) is 17.6. The number of rotatable bonds is 12. The molecule has 0 radical (unpaired) electrons. The minimum atomic E-state index is 0.497. The summed E-state index contributed by atoms with van der Waals surface area (Å²) in [5, 5.41) is 1.33. The first kappa shape index (κ1) is 20.5. The molecule has 0 amide bonds. The maximum absolute atomic E-state index is 2.57. The summed E-state index contributed by atoms with van der Waals surface area (Å²) in [5.74, 6) is 0. The van der Waals surface area contributed by atoms with E-state index in [4.69, 9.17) is 0 Å². The average Bonchev–Trinajstić information content (AvgIpc) is 2.66. The molecule has 2 rings (SSSR count). The van der Waals surface area contributed by atoms with Gasteiger partial charge in [-0.25, -0.2) is 0 Å². The number of hydrogen-bond donors (Lipinski definition) is 0. The summed E-state index contributed by atoms with van der Waals surface area (Å²) in [5.41, 5.74) is 0. The Bertz CT molecular complexity index is 590. The molecule has 2 aromatic rings. The first-order valence-corrected chi connectivity index (χ1v) is 13.3. The molecule has 0 heterocycles. The molecule has 0 spiro atoms. The van der Waals surface area contributed by atoms with Gasteiger partial charge in [-0.3, -0.25) is 0 Å². The van der Waals surface area contributed by atoms with Crippen LogP contribution in [-0.4, -0.2) is 29.9 Å². The molecular formula is C23H30Se2. The van der Waals surface area contributed by atoms with Gasteiger partial charge in [-0.15, -0.1) is 0 Å². The molecule has 25 heavy (non-hydrogen) atoms. The third-order valence-electron chi connectivity index (χ3n) is 4.03. The van der Waals surface area contributed by atoms with Crippen molar-refractivity contribution in [1.82, 2.24) is 0 Å². The van der Waals surface area contributed by atoms with E-state index in [1.54, 1.807) is 4.47 Å². The normalized spacial score (nSPS) is 11.6. The summed E-state index contributed by atoms with van der Waals surface area (Å²) in [7, 11) is 0. The van der Waals surface area contributed by atoms with Gasteiger partial charge in [-0.05, 0) is 0 Å². The monoisotopic (exact) mass is 466 g/mol. The minimum absolute atomic E-state index is 0.497. The third kappa shape index (κ3) is 9.47. The number of benzene rings is 2. The van der Waals surface area contributed by atoms with Crippen LogP contribution in [0, 0.1) is 0 Å². The first-order valence-electron chi connectivity index (χ1n) is 9.48. The van der Waals surface area contributed by atoms with E-state index in [1.807, 2.05) is 0 Å². The molecule has 0 nitrogen and oxygen atoms in total. The van der Waals surface area contributed by atoms with Crippen molar-refractivity contribution in [1.29, 1.82) is 0 Å². The van der Waals surface area contributed by atoms with Crippen molar-refractivity contribution in [3.05, 3.63) is 71.2 Å². The van der Waals surface area contributed by atoms with Crippen LogP contribution in [0.25, 0.3) is 0 Å². The van der Waals surface area contributed by atoms with Gasteiger partial charge in [-0.2, -0.15) is 0 Å². The van der Waals surface area contributed by atoms with Crippen LogP contribution >= 0.6 is 0 Å². The Balaban J connectivity index is 1.82. The average molecular weight is 464 g/mol. The topological polar surface area (TPSA) is 0 Å². The second-order valence-electron chi connectivity index (χ2n) is 6.20. The molecule has 134 valence electrons. The van der Waals surface area contributed by atoms with Crippen LogP contribution < -0.4 is 8.92 Å². The molecule has 0 saturated carbocycles. The second-order valence-corrected chi connectivity index (χ2v) is 11.2. The number of hydrogen-bond acceptors (Lipinski definition) is 0. The Labute approximate surface area is 166 Å². The molecule has 0 atom stereocenters. The van der Waals surface area contributed by atoms with Gasteiger partial charge in [0, 0.05) is 0 Å². The van der Waals surface area contributed by atoms with Crippen molar-refractivity contribution in [2.75, 3.05) is 0 Å². The van der Waals surface area contributed by atoms with Gasteiger partial charge in [0.2, 0.25) is 0 Å². The van der Waals surface area contributed by atoms with E-state index in [9.17, 15) is 0 Å². The van der Waals surface area contributed by atoms with Gasteiger partial charge in [0.25, 0.3) is 0 Å². The fourth-order valence-corrected chi connectivity index (χ4v) is 7.29. The molecule has 2 heteroatoms. The van der Waals surface area contributed by atoms with Crippen molar-refractivity contribution in [3.63, 3.8) is 0 Å². The van der Waals surface area contributed by atoms with Crippen molar-refractivity contribution in [3.8, 4) is 0 Å². The molecule has 0 aliphatic carbocycles. The Morgan fingerprint density at radius 1 is 0.800 bits per heavy atom. The summed E-state index contributed by atoms with van der Waals surface area (Å²) >= 11 is 1.10. The van der Waals surface area contributed by atoms with E-state index >= 15 is 0 Å². The predicted molar refractivity (Wildman–Crippen MR) is 115 cm³/mol. The van der Waals surface area contributed by atoms with E-state index in [0.29, 0.717) is 29.9 Å². The van der Waals surface area contributed by atoms with Gasteiger partial charge in [0.15, 0.2) is 0 Å². The van der Waals surface area contributed by atoms with Crippen LogP contribution in [0.1, 0.15) is 51.9 Å². The first-order chi connectivity index (χ1) is 12.4. The molecule has 0 unspecified atom stereocenters. The predicted octanol–water partition coefficient (Wildman–Crippen LogP) is 5.10. The summed E-state index contributed by atoms with van der Waals surface area (Å²) in [6.45, 7) is 2.29.